The van der Waals surface area contributed by atoms with Crippen molar-refractivity contribution in [1.82, 2.24) is 0 Å². The number of rotatable bonds is 8. The Kier molecular flexibility index (Phi) is 7.92. The van der Waals surface area contributed by atoms with E-state index in [0.29, 0.717) is 26.1 Å². The van der Waals surface area contributed by atoms with E-state index in [4.69, 9.17) is 4.74 Å². The molecular weight excluding hydrogens is 278 g/mol. The van der Waals surface area contributed by atoms with E-state index < -0.39 is 10.3 Å². The van der Waals surface area contributed by atoms with Gasteiger partial charge in [0.15, 0.2) is 0 Å². The van der Waals surface area contributed by atoms with Gasteiger partial charge in [0.2, 0.25) is 0 Å². The van der Waals surface area contributed by atoms with Crippen LogP contribution in [0.2, 0.25) is 0 Å². The summed E-state index contributed by atoms with van der Waals surface area (Å²) >= 11 is 0. The molecule has 0 amide bonds. The van der Waals surface area contributed by atoms with Gasteiger partial charge >= 0.3 is 10.3 Å². The van der Waals surface area contributed by atoms with Crippen molar-refractivity contribution in [2.45, 2.75) is 25.9 Å². The van der Waals surface area contributed by atoms with Gasteiger partial charge in [0.1, 0.15) is 0 Å². The van der Waals surface area contributed by atoms with Crippen LogP contribution in [-0.2, 0) is 25.8 Å². The highest BCUT2D eigenvalue weighted by atomic mass is 32.2. The number of benzene rings is 1. The number of nitrogens with two attached hydrogens (primary N) is 1. The lowest BCUT2D eigenvalue weighted by atomic mass is 10.2. The van der Waals surface area contributed by atoms with Crippen LogP contribution in [0.1, 0.15) is 24.8 Å². The smallest absolute Gasteiger partial charge is 0.333 e. The normalized spacial score (nSPS) is 10.8. The molecule has 1 aromatic rings. The van der Waals surface area contributed by atoms with E-state index in [1.54, 1.807) is 0 Å². The summed E-state index contributed by atoms with van der Waals surface area (Å²) in [4.78, 5) is 0. The van der Waals surface area contributed by atoms with Crippen molar-refractivity contribution in [2.75, 3.05) is 13.2 Å². The Morgan fingerprint density at radius 1 is 1.05 bits per heavy atom. The van der Waals surface area contributed by atoms with Gasteiger partial charge in [0.05, 0.1) is 13.2 Å². The van der Waals surface area contributed by atoms with E-state index in [2.05, 4.69) is 21.2 Å². The minimum Gasteiger partial charge on any atom is -0.377 e. The van der Waals surface area contributed by atoms with Gasteiger partial charge in [-0.15, -0.1) is 11.8 Å². The van der Waals surface area contributed by atoms with Crippen LogP contribution in [0.5, 0.6) is 0 Å². The topological polar surface area (TPSA) is 78.6 Å². The summed E-state index contributed by atoms with van der Waals surface area (Å²) in [7, 11) is -3.84. The number of hydrogen-bond acceptors (Lipinski definition) is 4. The Hall–Kier alpha value is -1.39. The predicted molar refractivity (Wildman–Crippen MR) is 76.8 cm³/mol. The van der Waals surface area contributed by atoms with Crippen LogP contribution in [-0.4, -0.2) is 21.6 Å². The van der Waals surface area contributed by atoms with Crippen LogP contribution >= 0.6 is 0 Å². The van der Waals surface area contributed by atoms with Crippen molar-refractivity contribution in [1.29, 1.82) is 0 Å². The van der Waals surface area contributed by atoms with E-state index in [1.807, 2.05) is 30.3 Å². The molecule has 0 aliphatic carbocycles. The minimum absolute atomic E-state index is 0.00363. The van der Waals surface area contributed by atoms with Gasteiger partial charge in [-0.3, -0.25) is 4.18 Å². The molecule has 1 aromatic carbocycles. The molecule has 0 bridgehead atoms. The number of ether oxygens (including phenoxy) is 1. The molecule has 0 saturated carbocycles. The average molecular weight is 297 g/mol. The molecule has 0 radical (unpaired) electrons. The van der Waals surface area contributed by atoms with E-state index in [1.165, 1.54) is 0 Å². The highest BCUT2D eigenvalue weighted by Crippen LogP contribution is 2.01. The third-order valence-electron chi connectivity index (χ3n) is 2.30. The van der Waals surface area contributed by atoms with Crippen LogP contribution in [0.25, 0.3) is 0 Å². The van der Waals surface area contributed by atoms with Gasteiger partial charge < -0.3 is 4.74 Å². The Morgan fingerprint density at radius 3 is 2.45 bits per heavy atom. The molecule has 0 fully saturated rings. The lowest BCUT2D eigenvalue weighted by Gasteiger charge is -2.02. The van der Waals surface area contributed by atoms with Gasteiger partial charge in [0, 0.05) is 19.4 Å². The second-order valence-corrected chi connectivity index (χ2v) is 5.28. The average Bonchev–Trinajstić information content (AvgIpc) is 2.41. The summed E-state index contributed by atoms with van der Waals surface area (Å²) in [6.07, 6.45) is 1.90. The minimum atomic E-state index is -3.84. The fraction of sp³-hybridized carbons (Fsp3) is 0.429. The Labute approximate surface area is 120 Å². The molecule has 1 rings (SSSR count). The molecule has 5 nitrogen and oxygen atoms in total. The summed E-state index contributed by atoms with van der Waals surface area (Å²) in [5, 5.41) is 4.66. The van der Waals surface area contributed by atoms with Crippen molar-refractivity contribution < 1.29 is 17.3 Å². The van der Waals surface area contributed by atoms with E-state index in [0.717, 1.165) is 12.0 Å². The standard InChI is InChI=1S/C14H19NO4S/c15-20(16,17)19-12-8-3-1-2-7-11-18-13-14-9-5-4-6-10-14/h4-6,9-10H,2,7-8,11-13H2,(H2,15,16,17). The molecule has 0 aliphatic heterocycles. The van der Waals surface area contributed by atoms with Gasteiger partial charge in [-0.2, -0.15) is 8.42 Å². The van der Waals surface area contributed by atoms with E-state index in [-0.39, 0.29) is 6.61 Å². The second kappa shape index (κ2) is 9.50. The highest BCUT2D eigenvalue weighted by molar-refractivity contribution is 7.84. The van der Waals surface area contributed by atoms with Crippen molar-refractivity contribution in [2.24, 2.45) is 5.14 Å². The van der Waals surface area contributed by atoms with Crippen molar-refractivity contribution in [3.63, 3.8) is 0 Å². The molecule has 110 valence electrons. The van der Waals surface area contributed by atoms with Crippen LogP contribution in [0.4, 0.5) is 0 Å². The van der Waals surface area contributed by atoms with Crippen molar-refractivity contribution in [3.05, 3.63) is 35.9 Å². The van der Waals surface area contributed by atoms with Gasteiger partial charge in [-0.1, -0.05) is 30.3 Å². The van der Waals surface area contributed by atoms with Gasteiger partial charge in [-0.05, 0) is 12.0 Å². The number of unbranched alkanes of at least 4 members (excludes halogenated alkanes) is 1. The molecule has 0 heterocycles. The number of hydrogen-bond donors (Lipinski definition) is 1. The molecule has 0 unspecified atom stereocenters. The Balaban J connectivity index is 1.97. The maximum atomic E-state index is 10.4. The van der Waals surface area contributed by atoms with Crippen molar-refractivity contribution >= 4 is 10.3 Å². The lowest BCUT2D eigenvalue weighted by molar-refractivity contribution is 0.119. The molecule has 6 heteroatoms. The Bertz CT molecular complexity index is 531. The summed E-state index contributed by atoms with van der Waals surface area (Å²) in [6, 6.07) is 9.97. The lowest BCUT2D eigenvalue weighted by Crippen LogP contribution is -2.16. The summed E-state index contributed by atoms with van der Waals surface area (Å²) in [5.41, 5.74) is 1.15. The van der Waals surface area contributed by atoms with Gasteiger partial charge in [-0.25, -0.2) is 5.14 Å². The second-order valence-electron chi connectivity index (χ2n) is 4.06. The van der Waals surface area contributed by atoms with E-state index >= 15 is 0 Å². The zero-order valence-corrected chi connectivity index (χ0v) is 12.1. The third kappa shape index (κ3) is 9.53. The predicted octanol–water partition coefficient (Wildman–Crippen LogP) is 1.60. The maximum absolute atomic E-state index is 10.4. The molecule has 0 aromatic heterocycles. The SMILES string of the molecule is NS(=O)(=O)OCCC#CCCCOCc1ccccc1. The van der Waals surface area contributed by atoms with Crippen LogP contribution in [0.3, 0.4) is 0 Å². The summed E-state index contributed by atoms with van der Waals surface area (Å²) < 4.78 is 30.7. The molecule has 20 heavy (non-hydrogen) atoms. The largest absolute Gasteiger partial charge is 0.377 e. The fourth-order valence-corrected chi connectivity index (χ4v) is 1.73. The Morgan fingerprint density at radius 2 is 1.75 bits per heavy atom. The first kappa shape index (κ1) is 16.7. The van der Waals surface area contributed by atoms with Gasteiger partial charge in [0.25, 0.3) is 0 Å². The maximum Gasteiger partial charge on any atom is 0.333 e. The zero-order valence-electron chi connectivity index (χ0n) is 11.2. The fourth-order valence-electron chi connectivity index (χ4n) is 1.41. The monoisotopic (exact) mass is 297 g/mol. The molecule has 0 atom stereocenters. The summed E-state index contributed by atoms with van der Waals surface area (Å²) in [6.45, 7) is 1.25. The third-order valence-corrected chi connectivity index (χ3v) is 2.80. The summed E-state index contributed by atoms with van der Waals surface area (Å²) in [5.74, 6) is 5.74. The van der Waals surface area contributed by atoms with Crippen LogP contribution in [0.15, 0.2) is 30.3 Å². The molecule has 0 spiro atoms. The van der Waals surface area contributed by atoms with Crippen LogP contribution < -0.4 is 5.14 Å². The van der Waals surface area contributed by atoms with Crippen molar-refractivity contribution in [3.8, 4) is 11.8 Å². The van der Waals surface area contributed by atoms with Crippen LogP contribution in [0, 0.1) is 11.8 Å². The molecular formula is C14H19NO4S. The first-order valence-corrected chi connectivity index (χ1v) is 7.79. The molecule has 2 N–H and O–H groups in total. The first-order chi connectivity index (χ1) is 9.58. The zero-order chi connectivity index (χ0) is 14.7. The quantitative estimate of drug-likeness (QED) is 0.584. The van der Waals surface area contributed by atoms with E-state index in [9.17, 15) is 8.42 Å². The first-order valence-electron chi connectivity index (χ1n) is 6.32. The highest BCUT2D eigenvalue weighted by Gasteiger charge is 1.98. The molecule has 0 saturated heterocycles. The molecule has 0 aliphatic rings.